The lowest BCUT2D eigenvalue weighted by molar-refractivity contribution is 0.0970. The van der Waals surface area contributed by atoms with E-state index in [0.29, 0.717) is 28.3 Å². The molecule has 1 atom stereocenters. The van der Waals surface area contributed by atoms with Crippen molar-refractivity contribution in [2.45, 2.75) is 39.7 Å². The summed E-state index contributed by atoms with van der Waals surface area (Å²) in [5.74, 6) is 0.621. The van der Waals surface area contributed by atoms with E-state index in [4.69, 9.17) is 4.42 Å². The molecular weight excluding hydrogens is 400 g/mol. The molecule has 5 nitrogen and oxygen atoms in total. The molecule has 1 aliphatic rings. The molecule has 0 spiro atoms. The Kier molecular flexibility index (Phi) is 4.70. The van der Waals surface area contributed by atoms with E-state index in [2.05, 4.69) is 31.0 Å². The van der Waals surface area contributed by atoms with Crippen molar-refractivity contribution in [1.82, 2.24) is 4.98 Å². The van der Waals surface area contributed by atoms with Gasteiger partial charge in [0.25, 0.3) is 5.91 Å². The quantitative estimate of drug-likeness (QED) is 0.425. The number of aryl methyl sites for hydroxylation is 2. The van der Waals surface area contributed by atoms with E-state index in [1.165, 1.54) is 5.56 Å². The summed E-state index contributed by atoms with van der Waals surface area (Å²) in [5.41, 5.74) is 4.60. The number of aromatic nitrogens is 1. The molecule has 2 aromatic carbocycles. The van der Waals surface area contributed by atoms with Crippen LogP contribution in [0.3, 0.4) is 0 Å². The van der Waals surface area contributed by atoms with Gasteiger partial charge in [0.2, 0.25) is 5.76 Å². The Hall–Kier alpha value is -3.73. The molecule has 5 heteroatoms. The second-order valence-corrected chi connectivity index (χ2v) is 8.76. The highest BCUT2D eigenvalue weighted by Gasteiger charge is 2.44. The van der Waals surface area contributed by atoms with Crippen molar-refractivity contribution in [3.05, 3.63) is 105 Å². The predicted octanol–water partition coefficient (Wildman–Crippen LogP) is 5.68. The molecule has 1 aliphatic heterocycles. The van der Waals surface area contributed by atoms with Crippen LogP contribution in [0.4, 0.5) is 5.82 Å². The molecule has 2 aromatic heterocycles. The Bertz CT molecular complexity index is 1420. The number of fused-ring (bicyclic) bond motifs is 2. The maximum atomic E-state index is 13.7. The molecule has 0 fully saturated rings. The zero-order chi connectivity index (χ0) is 22.6. The second kappa shape index (κ2) is 7.45. The van der Waals surface area contributed by atoms with E-state index < -0.39 is 6.04 Å². The first-order valence-electron chi connectivity index (χ1n) is 10.8. The monoisotopic (exact) mass is 424 g/mol. The lowest BCUT2D eigenvalue weighted by atomic mass is 9.95. The van der Waals surface area contributed by atoms with Crippen molar-refractivity contribution in [3.63, 3.8) is 0 Å². The summed E-state index contributed by atoms with van der Waals surface area (Å²) in [4.78, 5) is 33.3. The van der Waals surface area contributed by atoms with Crippen LogP contribution in [0.5, 0.6) is 0 Å². The summed E-state index contributed by atoms with van der Waals surface area (Å²) in [6.07, 6.45) is 1.68. The summed E-state index contributed by atoms with van der Waals surface area (Å²) in [6.45, 7) is 8.15. The first-order valence-corrected chi connectivity index (χ1v) is 10.8. The number of carbonyl (C=O) groups excluding carboxylic acids is 1. The average molecular weight is 425 g/mol. The molecule has 0 bridgehead atoms. The Labute approximate surface area is 186 Å². The SMILES string of the molecule is Cc1ccnc(N2C(=O)c3oc4ccc(C)cc4c(=O)c3[C@H]2c2ccc(C(C)C)cc2)c1. The van der Waals surface area contributed by atoms with E-state index in [1.54, 1.807) is 17.2 Å². The lowest BCUT2D eigenvalue weighted by Gasteiger charge is -2.24. The van der Waals surface area contributed by atoms with Crippen LogP contribution in [0.1, 0.15) is 64.2 Å². The number of benzene rings is 2. The van der Waals surface area contributed by atoms with E-state index in [0.717, 1.165) is 16.7 Å². The number of rotatable bonds is 3. The van der Waals surface area contributed by atoms with Gasteiger partial charge < -0.3 is 4.42 Å². The van der Waals surface area contributed by atoms with Crippen LogP contribution in [-0.2, 0) is 0 Å². The second-order valence-electron chi connectivity index (χ2n) is 8.76. The Balaban J connectivity index is 1.79. The minimum absolute atomic E-state index is 0.0904. The van der Waals surface area contributed by atoms with E-state index in [1.807, 2.05) is 50.2 Å². The van der Waals surface area contributed by atoms with Crippen LogP contribution < -0.4 is 10.3 Å². The fourth-order valence-corrected chi connectivity index (χ4v) is 4.35. The predicted molar refractivity (Wildman–Crippen MR) is 125 cm³/mol. The van der Waals surface area contributed by atoms with Gasteiger partial charge in [-0.25, -0.2) is 4.98 Å². The van der Waals surface area contributed by atoms with Gasteiger partial charge in [-0.05, 0) is 60.7 Å². The number of hydrogen-bond donors (Lipinski definition) is 0. The number of amides is 1. The standard InChI is InChI=1S/C27H24N2O3/c1-15(2)18-6-8-19(9-7-18)24-23-25(30)20-13-16(3)5-10-21(20)32-26(23)27(31)29(24)22-14-17(4)11-12-28-22/h5-15,24H,1-4H3/t24-/m1/s1. The Morgan fingerprint density at radius 3 is 2.34 bits per heavy atom. The molecule has 5 rings (SSSR count). The van der Waals surface area contributed by atoms with Crippen molar-refractivity contribution in [2.75, 3.05) is 4.90 Å². The largest absolute Gasteiger partial charge is 0.450 e. The van der Waals surface area contributed by atoms with Gasteiger partial charge in [0.05, 0.1) is 17.0 Å². The summed E-state index contributed by atoms with van der Waals surface area (Å²) in [7, 11) is 0. The number of carbonyl (C=O) groups is 1. The summed E-state index contributed by atoms with van der Waals surface area (Å²) < 4.78 is 6.03. The molecule has 32 heavy (non-hydrogen) atoms. The zero-order valence-electron chi connectivity index (χ0n) is 18.5. The van der Waals surface area contributed by atoms with Gasteiger partial charge in [0, 0.05) is 6.20 Å². The van der Waals surface area contributed by atoms with Gasteiger partial charge in [-0.2, -0.15) is 0 Å². The first kappa shape index (κ1) is 20.2. The maximum absolute atomic E-state index is 13.7. The summed E-state index contributed by atoms with van der Waals surface area (Å²) in [5, 5.41) is 0.486. The molecule has 0 radical (unpaired) electrons. The molecule has 3 heterocycles. The van der Waals surface area contributed by atoms with Gasteiger partial charge in [-0.3, -0.25) is 14.5 Å². The van der Waals surface area contributed by atoms with Crippen molar-refractivity contribution < 1.29 is 9.21 Å². The highest BCUT2D eigenvalue weighted by Crippen LogP contribution is 2.41. The minimum atomic E-state index is -0.603. The fraction of sp³-hybridized carbons (Fsp3) is 0.222. The molecule has 0 aliphatic carbocycles. The topological polar surface area (TPSA) is 63.4 Å². The van der Waals surface area contributed by atoms with Crippen LogP contribution in [0.25, 0.3) is 11.0 Å². The molecule has 4 aromatic rings. The molecular formula is C27H24N2O3. The number of anilines is 1. The summed E-state index contributed by atoms with van der Waals surface area (Å²) in [6, 6.07) is 16.7. The lowest BCUT2D eigenvalue weighted by Crippen LogP contribution is -2.30. The maximum Gasteiger partial charge on any atom is 0.296 e. The molecule has 0 saturated carbocycles. The number of pyridine rings is 1. The molecule has 1 amide bonds. The van der Waals surface area contributed by atoms with E-state index in [-0.39, 0.29) is 17.1 Å². The van der Waals surface area contributed by atoms with E-state index >= 15 is 0 Å². The van der Waals surface area contributed by atoms with Crippen molar-refractivity contribution in [2.24, 2.45) is 0 Å². The number of hydrogen-bond acceptors (Lipinski definition) is 4. The van der Waals surface area contributed by atoms with E-state index in [9.17, 15) is 9.59 Å². The van der Waals surface area contributed by atoms with Crippen molar-refractivity contribution in [3.8, 4) is 0 Å². The smallest absolute Gasteiger partial charge is 0.296 e. The summed E-state index contributed by atoms with van der Waals surface area (Å²) >= 11 is 0. The highest BCUT2D eigenvalue weighted by molar-refractivity contribution is 6.10. The molecule has 0 unspecified atom stereocenters. The van der Waals surface area contributed by atoms with Crippen LogP contribution in [-0.4, -0.2) is 10.9 Å². The minimum Gasteiger partial charge on any atom is -0.450 e. The van der Waals surface area contributed by atoms with Gasteiger partial charge in [-0.1, -0.05) is 49.7 Å². The van der Waals surface area contributed by atoms with Crippen LogP contribution in [0, 0.1) is 13.8 Å². The third-order valence-electron chi connectivity index (χ3n) is 6.09. The normalized spacial score (nSPS) is 15.6. The average Bonchev–Trinajstić information content (AvgIpc) is 3.07. The molecule has 160 valence electrons. The van der Waals surface area contributed by atoms with Gasteiger partial charge in [0.15, 0.2) is 5.43 Å². The fourth-order valence-electron chi connectivity index (χ4n) is 4.35. The highest BCUT2D eigenvalue weighted by atomic mass is 16.3. The van der Waals surface area contributed by atoms with Crippen LogP contribution in [0.2, 0.25) is 0 Å². The van der Waals surface area contributed by atoms with Crippen LogP contribution in [0.15, 0.2) is 70.0 Å². The van der Waals surface area contributed by atoms with Crippen molar-refractivity contribution in [1.29, 1.82) is 0 Å². The third kappa shape index (κ3) is 3.12. The first-order chi connectivity index (χ1) is 15.3. The van der Waals surface area contributed by atoms with Gasteiger partial charge >= 0.3 is 0 Å². The van der Waals surface area contributed by atoms with Gasteiger partial charge in [0.1, 0.15) is 11.4 Å². The number of nitrogens with zero attached hydrogens (tertiary/aromatic N) is 2. The third-order valence-corrected chi connectivity index (χ3v) is 6.09. The van der Waals surface area contributed by atoms with Gasteiger partial charge in [-0.15, -0.1) is 0 Å². The molecule has 0 N–H and O–H groups in total. The van der Waals surface area contributed by atoms with Crippen molar-refractivity contribution >= 4 is 22.7 Å². The Morgan fingerprint density at radius 2 is 1.66 bits per heavy atom. The zero-order valence-corrected chi connectivity index (χ0v) is 18.5. The van der Waals surface area contributed by atoms with Crippen LogP contribution >= 0.6 is 0 Å². The molecule has 0 saturated heterocycles. The Morgan fingerprint density at radius 1 is 0.938 bits per heavy atom.